The summed E-state index contributed by atoms with van der Waals surface area (Å²) in [6.07, 6.45) is 2.98. The third-order valence-corrected chi connectivity index (χ3v) is 5.86. The minimum atomic E-state index is -0.586. The Morgan fingerprint density at radius 3 is 2.27 bits per heavy atom. The Morgan fingerprint density at radius 1 is 1.03 bits per heavy atom. The van der Waals surface area contributed by atoms with E-state index in [-0.39, 0.29) is 22.2 Å². The van der Waals surface area contributed by atoms with Gasteiger partial charge in [-0.1, -0.05) is 20.8 Å². The summed E-state index contributed by atoms with van der Waals surface area (Å²) in [6.45, 7) is 13.1. The van der Waals surface area contributed by atoms with Crippen molar-refractivity contribution in [2.24, 2.45) is 5.41 Å². The Labute approximate surface area is 216 Å². The first-order valence-corrected chi connectivity index (χ1v) is 12.2. The summed E-state index contributed by atoms with van der Waals surface area (Å²) in [6, 6.07) is 16.6. The summed E-state index contributed by atoms with van der Waals surface area (Å²) in [7, 11) is 0. The molecule has 0 amide bonds. The van der Waals surface area contributed by atoms with Crippen LogP contribution in [0.1, 0.15) is 57.0 Å². The first-order chi connectivity index (χ1) is 17.3. The first-order valence-electron chi connectivity index (χ1n) is 12.2. The summed E-state index contributed by atoms with van der Waals surface area (Å²) < 4.78 is 7.55. The number of pyridine rings is 1. The molecule has 0 aliphatic carbocycles. The molecule has 2 aromatic carbocycles. The minimum absolute atomic E-state index is 0.0846. The zero-order valence-electron chi connectivity index (χ0n) is 22.0. The number of anilines is 1. The van der Waals surface area contributed by atoms with E-state index >= 15 is 0 Å². The van der Waals surface area contributed by atoms with E-state index in [0.717, 1.165) is 34.7 Å². The van der Waals surface area contributed by atoms with Crippen molar-refractivity contribution in [3.63, 3.8) is 0 Å². The number of nitro benzene ring substituents is 1. The maximum absolute atomic E-state index is 12.5. The number of nitro groups is 1. The van der Waals surface area contributed by atoms with Crippen LogP contribution in [-0.4, -0.2) is 25.8 Å². The van der Waals surface area contributed by atoms with E-state index in [1.807, 2.05) is 31.3 Å². The quantitative estimate of drug-likeness (QED) is 0.126. The lowest BCUT2D eigenvalue weighted by atomic mass is 9.82. The number of hydrogen-bond acceptors (Lipinski definition) is 6. The van der Waals surface area contributed by atoms with Crippen molar-refractivity contribution in [1.82, 2.24) is 9.38 Å². The van der Waals surface area contributed by atoms with Crippen molar-refractivity contribution in [2.45, 2.75) is 53.5 Å². The van der Waals surface area contributed by atoms with Gasteiger partial charge in [0, 0.05) is 29.4 Å². The highest BCUT2D eigenvalue weighted by Crippen LogP contribution is 2.35. The van der Waals surface area contributed by atoms with E-state index in [4.69, 9.17) is 9.72 Å². The molecule has 8 heteroatoms. The second-order valence-corrected chi connectivity index (χ2v) is 11.2. The van der Waals surface area contributed by atoms with Crippen LogP contribution in [-0.2, 0) is 0 Å². The monoisotopic (exact) mass is 500 g/mol. The Hall–Kier alpha value is -4.20. The topological polar surface area (TPSA) is 98.8 Å². The van der Waals surface area contributed by atoms with Gasteiger partial charge in [-0.05, 0) is 86.7 Å². The average Bonchev–Trinajstić information content (AvgIpc) is 3.14. The van der Waals surface area contributed by atoms with Crippen molar-refractivity contribution in [1.29, 1.82) is 0 Å². The highest BCUT2D eigenvalue weighted by Gasteiger charge is 2.28. The number of rotatable bonds is 7. The van der Waals surface area contributed by atoms with Gasteiger partial charge >= 0.3 is 5.97 Å². The molecule has 2 heterocycles. The van der Waals surface area contributed by atoms with Gasteiger partial charge in [-0.3, -0.25) is 14.5 Å². The van der Waals surface area contributed by atoms with E-state index < -0.39 is 10.9 Å². The molecule has 0 unspecified atom stereocenters. The van der Waals surface area contributed by atoms with Gasteiger partial charge in [-0.25, -0.2) is 9.78 Å². The number of nitrogens with one attached hydrogen (secondary N) is 1. The van der Waals surface area contributed by atoms with Crippen molar-refractivity contribution in [3.05, 3.63) is 88.1 Å². The van der Waals surface area contributed by atoms with Crippen molar-refractivity contribution in [3.8, 4) is 17.0 Å². The standard InChI is InChI=1S/C29H32N4O4/c1-19-15-16-32-24(17-19)30-25(26(32)31-29(5,6)18-28(2,3)4)20-9-13-23(14-10-20)37-27(34)21-7-11-22(12-8-21)33(35)36/h7-17,31H,18H2,1-6H3. The number of aromatic nitrogens is 2. The third-order valence-electron chi connectivity index (χ3n) is 5.86. The second kappa shape index (κ2) is 9.69. The molecular weight excluding hydrogens is 468 g/mol. The number of carbonyl (C=O) groups excluding carboxylic acids is 1. The second-order valence-electron chi connectivity index (χ2n) is 11.2. The lowest BCUT2D eigenvalue weighted by molar-refractivity contribution is -0.384. The number of non-ortho nitro benzene ring substituents is 1. The summed E-state index contributed by atoms with van der Waals surface area (Å²) in [4.78, 5) is 27.8. The van der Waals surface area contributed by atoms with Crippen LogP contribution in [0, 0.1) is 22.5 Å². The molecule has 0 aliphatic rings. The van der Waals surface area contributed by atoms with Gasteiger partial charge in [-0.15, -0.1) is 0 Å². The van der Waals surface area contributed by atoms with Gasteiger partial charge in [0.15, 0.2) is 0 Å². The molecule has 0 aliphatic heterocycles. The van der Waals surface area contributed by atoms with Crippen molar-refractivity contribution in [2.75, 3.05) is 5.32 Å². The third kappa shape index (κ3) is 6.14. The number of ether oxygens (including phenoxy) is 1. The maximum Gasteiger partial charge on any atom is 0.343 e. The van der Waals surface area contributed by atoms with E-state index in [9.17, 15) is 14.9 Å². The summed E-state index contributed by atoms with van der Waals surface area (Å²) >= 11 is 0. The Morgan fingerprint density at radius 2 is 1.68 bits per heavy atom. The highest BCUT2D eigenvalue weighted by atomic mass is 16.6. The van der Waals surface area contributed by atoms with Crippen LogP contribution >= 0.6 is 0 Å². The number of esters is 1. The van der Waals surface area contributed by atoms with Crippen LogP contribution in [0.5, 0.6) is 5.75 Å². The zero-order chi connectivity index (χ0) is 27.0. The Bertz CT molecular complexity index is 1450. The Balaban J connectivity index is 1.62. The first kappa shape index (κ1) is 25.9. The van der Waals surface area contributed by atoms with Crippen LogP contribution in [0.4, 0.5) is 11.5 Å². The van der Waals surface area contributed by atoms with E-state index in [0.29, 0.717) is 5.75 Å². The molecule has 0 saturated carbocycles. The van der Waals surface area contributed by atoms with E-state index in [1.165, 1.54) is 24.3 Å². The molecule has 4 aromatic rings. The number of carbonyl (C=O) groups is 1. The number of fused-ring (bicyclic) bond motifs is 1. The van der Waals surface area contributed by atoms with Gasteiger partial charge in [-0.2, -0.15) is 0 Å². The molecule has 0 bridgehead atoms. The summed E-state index contributed by atoms with van der Waals surface area (Å²) in [5.41, 5.74) is 3.76. The number of imidazole rings is 1. The Kier molecular flexibility index (Phi) is 6.78. The molecular formula is C29H32N4O4. The summed E-state index contributed by atoms with van der Waals surface area (Å²) in [5, 5.41) is 14.6. The van der Waals surface area contributed by atoms with Crippen LogP contribution in [0.25, 0.3) is 16.9 Å². The van der Waals surface area contributed by atoms with E-state index in [1.54, 1.807) is 12.1 Å². The highest BCUT2D eigenvalue weighted by molar-refractivity contribution is 5.91. The van der Waals surface area contributed by atoms with Gasteiger partial charge in [0.25, 0.3) is 5.69 Å². The smallest absolute Gasteiger partial charge is 0.343 e. The SMILES string of the molecule is Cc1ccn2c(NC(C)(C)CC(C)(C)C)c(-c3ccc(OC(=O)c4ccc([N+](=O)[O-])cc4)cc3)nc2c1. The number of hydrogen-bond donors (Lipinski definition) is 1. The zero-order valence-corrected chi connectivity index (χ0v) is 22.0. The van der Waals surface area contributed by atoms with Gasteiger partial charge in [0.2, 0.25) is 0 Å². The fraction of sp³-hybridized carbons (Fsp3) is 0.310. The number of benzene rings is 2. The molecule has 0 fully saturated rings. The number of nitrogens with zero attached hydrogens (tertiary/aromatic N) is 3. The van der Waals surface area contributed by atoms with Crippen molar-refractivity contribution >= 4 is 23.1 Å². The maximum atomic E-state index is 12.5. The number of aryl methyl sites for hydroxylation is 1. The van der Waals surface area contributed by atoms with Crippen LogP contribution in [0.3, 0.4) is 0 Å². The average molecular weight is 501 g/mol. The van der Waals surface area contributed by atoms with Gasteiger partial charge < -0.3 is 10.1 Å². The molecule has 0 spiro atoms. The molecule has 8 nitrogen and oxygen atoms in total. The molecule has 2 aromatic heterocycles. The predicted octanol–water partition coefficient (Wildman–Crippen LogP) is 7.06. The lowest BCUT2D eigenvalue weighted by Crippen LogP contribution is -2.36. The predicted molar refractivity (Wildman–Crippen MR) is 145 cm³/mol. The normalized spacial score (nSPS) is 11.9. The van der Waals surface area contributed by atoms with Crippen molar-refractivity contribution < 1.29 is 14.5 Å². The molecule has 4 rings (SSSR count). The largest absolute Gasteiger partial charge is 0.423 e. The van der Waals surface area contributed by atoms with Crippen LogP contribution in [0.15, 0.2) is 66.9 Å². The molecule has 0 atom stereocenters. The fourth-order valence-corrected chi connectivity index (χ4v) is 4.72. The van der Waals surface area contributed by atoms with Gasteiger partial charge in [0.1, 0.15) is 22.9 Å². The van der Waals surface area contributed by atoms with Gasteiger partial charge in [0.05, 0.1) is 10.5 Å². The van der Waals surface area contributed by atoms with E-state index in [2.05, 4.69) is 50.4 Å². The molecule has 192 valence electrons. The minimum Gasteiger partial charge on any atom is -0.423 e. The molecule has 37 heavy (non-hydrogen) atoms. The van der Waals surface area contributed by atoms with Crippen LogP contribution < -0.4 is 10.1 Å². The van der Waals surface area contributed by atoms with Crippen LogP contribution in [0.2, 0.25) is 0 Å². The molecule has 0 radical (unpaired) electrons. The lowest BCUT2D eigenvalue weighted by Gasteiger charge is -2.34. The fourth-order valence-electron chi connectivity index (χ4n) is 4.72. The summed E-state index contributed by atoms with van der Waals surface area (Å²) in [5.74, 6) is 0.686. The molecule has 0 saturated heterocycles. The molecule has 1 N–H and O–H groups in total.